The van der Waals surface area contributed by atoms with Gasteiger partial charge in [-0.1, -0.05) is 24.8 Å². The number of thioether (sulfide) groups is 1. The summed E-state index contributed by atoms with van der Waals surface area (Å²) in [6.45, 7) is 2.83. The van der Waals surface area contributed by atoms with Gasteiger partial charge in [0, 0.05) is 11.9 Å². The van der Waals surface area contributed by atoms with Gasteiger partial charge in [-0.05, 0) is 25.1 Å². The molecule has 0 aliphatic carbocycles. The van der Waals surface area contributed by atoms with Crippen molar-refractivity contribution in [3.05, 3.63) is 24.4 Å². The summed E-state index contributed by atoms with van der Waals surface area (Å²) in [5.41, 5.74) is 0.797. The maximum atomic E-state index is 11.7. The zero-order chi connectivity index (χ0) is 14.4. The Kier molecular flexibility index (Phi) is 5.37. The first kappa shape index (κ1) is 14.8. The quantitative estimate of drug-likeness (QED) is 0.614. The second-order valence-corrected chi connectivity index (χ2v) is 5.24. The number of esters is 1. The van der Waals surface area contributed by atoms with Crippen molar-refractivity contribution in [2.24, 2.45) is 0 Å². The van der Waals surface area contributed by atoms with Crippen LogP contribution in [0.15, 0.2) is 29.6 Å². The van der Waals surface area contributed by atoms with E-state index in [4.69, 9.17) is 4.74 Å². The lowest BCUT2D eigenvalue weighted by Crippen LogP contribution is -2.40. The van der Waals surface area contributed by atoms with Crippen LogP contribution in [0.5, 0.6) is 0 Å². The predicted molar refractivity (Wildman–Crippen MR) is 77.8 cm³/mol. The molecule has 0 aromatic carbocycles. The smallest absolute Gasteiger partial charge is 0.323 e. The fraction of sp³-hybridized carbons (Fsp3) is 0.462. The van der Waals surface area contributed by atoms with Gasteiger partial charge in [0.15, 0.2) is 10.8 Å². The summed E-state index contributed by atoms with van der Waals surface area (Å²) >= 11 is 1.48. The summed E-state index contributed by atoms with van der Waals surface area (Å²) in [5.74, 6) is 0.308. The molecule has 2 heterocycles. The van der Waals surface area contributed by atoms with E-state index in [0.717, 1.165) is 23.8 Å². The van der Waals surface area contributed by atoms with Crippen molar-refractivity contribution in [1.82, 2.24) is 19.9 Å². The van der Waals surface area contributed by atoms with Gasteiger partial charge in [0.1, 0.15) is 6.04 Å². The first-order valence-electron chi connectivity index (χ1n) is 6.50. The van der Waals surface area contributed by atoms with Crippen LogP contribution in [0.2, 0.25) is 0 Å². The van der Waals surface area contributed by atoms with Crippen molar-refractivity contribution >= 4 is 23.4 Å². The predicted octanol–water partition coefficient (Wildman–Crippen LogP) is 1.36. The molecule has 1 unspecified atom stereocenters. The number of aromatic nitrogens is 3. The number of carbonyl (C=O) groups is 1. The van der Waals surface area contributed by atoms with Crippen LogP contribution in [0.25, 0.3) is 5.65 Å². The van der Waals surface area contributed by atoms with E-state index in [2.05, 4.69) is 22.4 Å². The number of ether oxygens (including phenoxy) is 1. The lowest BCUT2D eigenvalue weighted by molar-refractivity contribution is -0.142. The van der Waals surface area contributed by atoms with Crippen molar-refractivity contribution < 1.29 is 9.53 Å². The van der Waals surface area contributed by atoms with Crippen LogP contribution in [0.3, 0.4) is 0 Å². The Morgan fingerprint density at radius 2 is 2.35 bits per heavy atom. The summed E-state index contributed by atoms with van der Waals surface area (Å²) < 4.78 is 6.71. The maximum absolute atomic E-state index is 11.7. The molecule has 0 radical (unpaired) electrons. The number of hydrogen-bond acceptors (Lipinski definition) is 6. The standard InChI is InChI=1S/C13H18N4O2S/c1-3-7-14-10(12(18)19-2)9-20-13-16-15-11-6-4-5-8-17(11)13/h4-6,8,10,14H,3,7,9H2,1-2H3. The number of fused-ring (bicyclic) bond motifs is 1. The molecule has 2 aromatic heterocycles. The van der Waals surface area contributed by atoms with Crippen molar-refractivity contribution in [3.8, 4) is 0 Å². The van der Waals surface area contributed by atoms with E-state index >= 15 is 0 Å². The van der Waals surface area contributed by atoms with E-state index in [1.54, 1.807) is 0 Å². The van der Waals surface area contributed by atoms with Crippen LogP contribution in [-0.2, 0) is 9.53 Å². The van der Waals surface area contributed by atoms with Gasteiger partial charge in [0.05, 0.1) is 7.11 Å². The number of rotatable bonds is 7. The Labute approximate surface area is 121 Å². The van der Waals surface area contributed by atoms with Crippen LogP contribution in [0, 0.1) is 0 Å². The van der Waals surface area contributed by atoms with E-state index in [1.165, 1.54) is 18.9 Å². The van der Waals surface area contributed by atoms with E-state index in [0.29, 0.717) is 5.75 Å². The minimum atomic E-state index is -0.332. The lowest BCUT2D eigenvalue weighted by atomic mass is 10.3. The first-order valence-corrected chi connectivity index (χ1v) is 7.48. The average molecular weight is 294 g/mol. The number of pyridine rings is 1. The Morgan fingerprint density at radius 3 is 3.10 bits per heavy atom. The molecule has 0 spiro atoms. The zero-order valence-corrected chi connectivity index (χ0v) is 12.4. The molecular weight excluding hydrogens is 276 g/mol. The molecule has 7 heteroatoms. The number of methoxy groups -OCH3 is 1. The highest BCUT2D eigenvalue weighted by atomic mass is 32.2. The number of nitrogens with one attached hydrogen (secondary N) is 1. The Bertz CT molecular complexity index is 572. The highest BCUT2D eigenvalue weighted by Crippen LogP contribution is 2.17. The molecule has 0 bridgehead atoms. The molecule has 0 saturated carbocycles. The highest BCUT2D eigenvalue weighted by molar-refractivity contribution is 7.99. The summed E-state index contributed by atoms with van der Waals surface area (Å²) in [7, 11) is 1.40. The normalized spacial score (nSPS) is 12.5. The van der Waals surface area contributed by atoms with Gasteiger partial charge in [-0.2, -0.15) is 0 Å². The summed E-state index contributed by atoms with van der Waals surface area (Å²) in [4.78, 5) is 11.7. The third-order valence-corrected chi connectivity index (χ3v) is 3.82. The molecule has 108 valence electrons. The molecule has 2 aromatic rings. The largest absolute Gasteiger partial charge is 0.468 e. The minimum absolute atomic E-state index is 0.250. The van der Waals surface area contributed by atoms with Gasteiger partial charge in [0.2, 0.25) is 0 Å². The topological polar surface area (TPSA) is 68.5 Å². The van der Waals surface area contributed by atoms with E-state index in [-0.39, 0.29) is 12.0 Å². The van der Waals surface area contributed by atoms with Crippen LogP contribution >= 0.6 is 11.8 Å². The van der Waals surface area contributed by atoms with Crippen LogP contribution in [0.1, 0.15) is 13.3 Å². The van der Waals surface area contributed by atoms with Gasteiger partial charge < -0.3 is 10.1 Å². The summed E-state index contributed by atoms with van der Waals surface area (Å²) in [6.07, 6.45) is 2.87. The van der Waals surface area contributed by atoms with E-state index in [1.807, 2.05) is 28.8 Å². The molecule has 6 nitrogen and oxygen atoms in total. The molecule has 0 amide bonds. The number of carbonyl (C=O) groups excluding carboxylic acids is 1. The summed E-state index contributed by atoms with van der Waals surface area (Å²) in [5, 5.41) is 12.2. The van der Waals surface area contributed by atoms with Gasteiger partial charge in [-0.25, -0.2) is 0 Å². The van der Waals surface area contributed by atoms with Crippen molar-refractivity contribution in [3.63, 3.8) is 0 Å². The van der Waals surface area contributed by atoms with Crippen molar-refractivity contribution in [1.29, 1.82) is 0 Å². The highest BCUT2D eigenvalue weighted by Gasteiger charge is 2.19. The third-order valence-electron chi connectivity index (χ3n) is 2.79. The molecule has 0 saturated heterocycles. The zero-order valence-electron chi connectivity index (χ0n) is 11.6. The fourth-order valence-corrected chi connectivity index (χ4v) is 2.71. The molecular formula is C13H18N4O2S. The Balaban J connectivity index is 2.03. The van der Waals surface area contributed by atoms with Crippen LogP contribution in [0.4, 0.5) is 0 Å². The van der Waals surface area contributed by atoms with Gasteiger partial charge in [-0.15, -0.1) is 10.2 Å². The van der Waals surface area contributed by atoms with Gasteiger partial charge >= 0.3 is 5.97 Å². The average Bonchev–Trinajstić information content (AvgIpc) is 2.90. The second-order valence-electron chi connectivity index (χ2n) is 4.25. The van der Waals surface area contributed by atoms with Crippen molar-refractivity contribution in [2.75, 3.05) is 19.4 Å². The van der Waals surface area contributed by atoms with Gasteiger partial charge in [0.25, 0.3) is 0 Å². The first-order chi connectivity index (χ1) is 9.76. The SMILES string of the molecule is CCCNC(CSc1nnc2ccccn12)C(=O)OC. The van der Waals surface area contributed by atoms with Crippen LogP contribution < -0.4 is 5.32 Å². The third kappa shape index (κ3) is 3.49. The van der Waals surface area contributed by atoms with E-state index < -0.39 is 0 Å². The maximum Gasteiger partial charge on any atom is 0.323 e. The van der Waals surface area contributed by atoms with Gasteiger partial charge in [-0.3, -0.25) is 9.20 Å². The van der Waals surface area contributed by atoms with Crippen molar-refractivity contribution in [2.45, 2.75) is 24.5 Å². The monoisotopic (exact) mass is 294 g/mol. The van der Waals surface area contributed by atoms with Crippen LogP contribution in [-0.4, -0.2) is 46.0 Å². The fourth-order valence-electron chi connectivity index (χ4n) is 1.75. The number of nitrogens with zero attached hydrogens (tertiary/aromatic N) is 3. The lowest BCUT2D eigenvalue weighted by Gasteiger charge is -2.14. The molecule has 0 aliphatic heterocycles. The molecule has 1 atom stereocenters. The minimum Gasteiger partial charge on any atom is -0.468 e. The molecule has 20 heavy (non-hydrogen) atoms. The van der Waals surface area contributed by atoms with E-state index in [9.17, 15) is 4.79 Å². The Morgan fingerprint density at radius 1 is 1.50 bits per heavy atom. The number of hydrogen-bond donors (Lipinski definition) is 1. The molecule has 2 rings (SSSR count). The molecule has 0 fully saturated rings. The molecule has 0 aliphatic rings. The summed E-state index contributed by atoms with van der Waals surface area (Å²) in [6, 6.07) is 5.40. The molecule has 1 N–H and O–H groups in total. The Hall–Kier alpha value is -1.60. The second kappa shape index (κ2) is 7.25.